The Labute approximate surface area is 134 Å². The molecule has 2 aromatic carbocycles. The fourth-order valence-corrected chi connectivity index (χ4v) is 2.10. The first-order chi connectivity index (χ1) is 10.9. The molecule has 0 aliphatic rings. The number of carbonyl (C=O) groups excluding carboxylic acids is 1. The van der Waals surface area contributed by atoms with E-state index in [1.54, 1.807) is 32.0 Å². The van der Waals surface area contributed by atoms with E-state index in [2.05, 4.69) is 5.32 Å². The minimum atomic E-state index is -1.19. The quantitative estimate of drug-likeness (QED) is 0.861. The normalized spacial score (nSPS) is 14.6. The summed E-state index contributed by atoms with van der Waals surface area (Å²) in [6.45, 7) is 3.24. The highest BCUT2D eigenvalue weighted by atomic mass is 19.1. The van der Waals surface area contributed by atoms with Gasteiger partial charge in [-0.3, -0.25) is 4.79 Å². The van der Waals surface area contributed by atoms with Crippen LogP contribution >= 0.6 is 0 Å². The van der Waals surface area contributed by atoms with Crippen molar-refractivity contribution in [3.8, 4) is 5.75 Å². The number of ether oxygens (including phenoxy) is 1. The molecule has 2 rings (SSSR count). The molecule has 0 saturated heterocycles. The van der Waals surface area contributed by atoms with Crippen LogP contribution in [-0.2, 0) is 10.4 Å². The second kappa shape index (κ2) is 7.24. The fraction of sp³-hybridized carbons (Fsp3) is 0.278. The Hall–Kier alpha value is -2.40. The number of hydrogen-bond donors (Lipinski definition) is 2. The van der Waals surface area contributed by atoms with Gasteiger partial charge in [-0.25, -0.2) is 4.39 Å². The Kier molecular flexibility index (Phi) is 5.34. The zero-order valence-electron chi connectivity index (χ0n) is 13.1. The van der Waals surface area contributed by atoms with Crippen LogP contribution in [-0.4, -0.2) is 23.7 Å². The molecule has 4 nitrogen and oxygen atoms in total. The van der Waals surface area contributed by atoms with Gasteiger partial charge in [0.05, 0.1) is 6.54 Å². The highest BCUT2D eigenvalue weighted by molar-refractivity contribution is 5.80. The molecule has 122 valence electrons. The van der Waals surface area contributed by atoms with Crippen molar-refractivity contribution in [2.24, 2.45) is 0 Å². The number of benzene rings is 2. The average molecular weight is 317 g/mol. The lowest BCUT2D eigenvalue weighted by Gasteiger charge is -2.25. The smallest absolute Gasteiger partial charge is 0.260 e. The fourth-order valence-electron chi connectivity index (χ4n) is 2.10. The van der Waals surface area contributed by atoms with Crippen molar-refractivity contribution in [1.82, 2.24) is 5.32 Å². The Morgan fingerprint density at radius 2 is 1.96 bits per heavy atom. The average Bonchev–Trinajstić information content (AvgIpc) is 2.53. The first kappa shape index (κ1) is 17.0. The van der Waals surface area contributed by atoms with Crippen LogP contribution < -0.4 is 10.1 Å². The predicted octanol–water partition coefficient (Wildman–Crippen LogP) is 2.62. The molecule has 2 N–H and O–H groups in total. The summed E-state index contributed by atoms with van der Waals surface area (Å²) in [6, 6.07) is 14.7. The van der Waals surface area contributed by atoms with E-state index < -0.39 is 17.5 Å². The van der Waals surface area contributed by atoms with Crippen LogP contribution in [0.1, 0.15) is 19.4 Å². The molecule has 0 fully saturated rings. The van der Waals surface area contributed by atoms with Gasteiger partial charge in [-0.1, -0.05) is 36.4 Å². The van der Waals surface area contributed by atoms with Crippen molar-refractivity contribution in [2.45, 2.75) is 25.6 Å². The number of aliphatic hydroxyl groups is 1. The van der Waals surface area contributed by atoms with Gasteiger partial charge in [0, 0.05) is 6.07 Å². The Morgan fingerprint density at radius 1 is 1.26 bits per heavy atom. The molecular weight excluding hydrogens is 297 g/mol. The monoisotopic (exact) mass is 317 g/mol. The van der Waals surface area contributed by atoms with Crippen LogP contribution in [0.15, 0.2) is 54.6 Å². The maximum Gasteiger partial charge on any atom is 0.260 e. The van der Waals surface area contributed by atoms with Crippen LogP contribution in [0.3, 0.4) is 0 Å². The summed E-state index contributed by atoms with van der Waals surface area (Å²) in [5, 5.41) is 13.1. The van der Waals surface area contributed by atoms with E-state index >= 15 is 0 Å². The van der Waals surface area contributed by atoms with Gasteiger partial charge >= 0.3 is 0 Å². The molecule has 0 radical (unpaired) electrons. The molecule has 2 atom stereocenters. The maximum absolute atomic E-state index is 13.1. The SMILES string of the molecule is CC(Oc1cccc(F)c1)C(=O)NCC(C)(O)c1ccccc1. The van der Waals surface area contributed by atoms with Crippen LogP contribution in [0.5, 0.6) is 5.75 Å². The molecule has 0 heterocycles. The summed E-state index contributed by atoms with van der Waals surface area (Å²) >= 11 is 0. The largest absolute Gasteiger partial charge is 0.481 e. The number of carbonyl (C=O) groups is 1. The van der Waals surface area contributed by atoms with Crippen LogP contribution in [0, 0.1) is 5.82 Å². The molecule has 1 amide bonds. The van der Waals surface area contributed by atoms with Gasteiger partial charge in [0.2, 0.25) is 0 Å². The predicted molar refractivity (Wildman–Crippen MR) is 85.5 cm³/mol. The van der Waals surface area contributed by atoms with Crippen molar-refractivity contribution < 1.29 is 19.0 Å². The van der Waals surface area contributed by atoms with Crippen molar-refractivity contribution in [2.75, 3.05) is 6.54 Å². The Bertz CT molecular complexity index is 658. The zero-order valence-corrected chi connectivity index (χ0v) is 13.1. The number of rotatable bonds is 6. The molecule has 2 unspecified atom stereocenters. The van der Waals surface area contributed by atoms with Crippen molar-refractivity contribution in [1.29, 1.82) is 0 Å². The summed E-state index contributed by atoms with van der Waals surface area (Å²) in [7, 11) is 0. The van der Waals surface area contributed by atoms with E-state index in [-0.39, 0.29) is 18.2 Å². The highest BCUT2D eigenvalue weighted by Gasteiger charge is 2.25. The Balaban J connectivity index is 1.91. The third-order valence-electron chi connectivity index (χ3n) is 3.48. The third-order valence-corrected chi connectivity index (χ3v) is 3.48. The van der Waals surface area contributed by atoms with Gasteiger partial charge in [-0.2, -0.15) is 0 Å². The molecule has 23 heavy (non-hydrogen) atoms. The summed E-state index contributed by atoms with van der Waals surface area (Å²) in [4.78, 5) is 12.1. The molecule has 5 heteroatoms. The van der Waals surface area contributed by atoms with Crippen LogP contribution in [0.2, 0.25) is 0 Å². The Morgan fingerprint density at radius 3 is 2.61 bits per heavy atom. The topological polar surface area (TPSA) is 58.6 Å². The summed E-state index contributed by atoms with van der Waals surface area (Å²) in [6.07, 6.45) is -0.802. The maximum atomic E-state index is 13.1. The molecule has 0 spiro atoms. The van der Waals surface area contributed by atoms with Gasteiger partial charge < -0.3 is 15.2 Å². The zero-order chi connectivity index (χ0) is 16.9. The molecule has 2 aromatic rings. The lowest BCUT2D eigenvalue weighted by atomic mass is 9.96. The van der Waals surface area contributed by atoms with Gasteiger partial charge in [0.1, 0.15) is 17.2 Å². The molecule has 0 aliphatic carbocycles. The minimum absolute atomic E-state index is 0.0483. The second-order valence-corrected chi connectivity index (χ2v) is 5.58. The first-order valence-corrected chi connectivity index (χ1v) is 7.36. The van der Waals surface area contributed by atoms with Crippen molar-refractivity contribution >= 4 is 5.91 Å². The lowest BCUT2D eigenvalue weighted by molar-refractivity contribution is -0.128. The van der Waals surface area contributed by atoms with E-state index in [1.165, 1.54) is 18.2 Å². The number of nitrogens with one attached hydrogen (secondary N) is 1. The van der Waals surface area contributed by atoms with Crippen LogP contribution in [0.4, 0.5) is 4.39 Å². The molecule has 0 aliphatic heterocycles. The van der Waals surface area contributed by atoms with E-state index in [0.29, 0.717) is 5.56 Å². The van der Waals surface area contributed by atoms with E-state index in [0.717, 1.165) is 0 Å². The van der Waals surface area contributed by atoms with Gasteiger partial charge in [-0.05, 0) is 31.5 Å². The molecule has 0 saturated carbocycles. The highest BCUT2D eigenvalue weighted by Crippen LogP contribution is 2.19. The second-order valence-electron chi connectivity index (χ2n) is 5.58. The van der Waals surface area contributed by atoms with E-state index in [1.807, 2.05) is 18.2 Å². The van der Waals surface area contributed by atoms with Crippen LogP contribution in [0.25, 0.3) is 0 Å². The minimum Gasteiger partial charge on any atom is -0.481 e. The molecule has 0 bridgehead atoms. The number of halogens is 1. The van der Waals surface area contributed by atoms with Gasteiger partial charge in [-0.15, -0.1) is 0 Å². The van der Waals surface area contributed by atoms with Crippen molar-refractivity contribution in [3.63, 3.8) is 0 Å². The summed E-state index contributed by atoms with van der Waals surface area (Å²) in [5.41, 5.74) is -0.478. The number of amides is 1. The van der Waals surface area contributed by atoms with E-state index in [4.69, 9.17) is 4.74 Å². The summed E-state index contributed by atoms with van der Waals surface area (Å²) < 4.78 is 18.5. The van der Waals surface area contributed by atoms with E-state index in [9.17, 15) is 14.3 Å². The van der Waals surface area contributed by atoms with Gasteiger partial charge in [0.15, 0.2) is 6.10 Å². The summed E-state index contributed by atoms with van der Waals surface area (Å²) in [5.74, 6) is -0.532. The van der Waals surface area contributed by atoms with Crippen molar-refractivity contribution in [3.05, 3.63) is 66.0 Å². The third kappa shape index (κ3) is 4.79. The molecular formula is C18H20FNO3. The first-order valence-electron chi connectivity index (χ1n) is 7.36. The standard InChI is InChI=1S/C18H20FNO3/c1-13(23-16-10-6-9-15(19)11-16)17(21)20-12-18(2,22)14-7-4-3-5-8-14/h3-11,13,22H,12H2,1-2H3,(H,20,21). The molecule has 0 aromatic heterocycles. The number of hydrogen-bond acceptors (Lipinski definition) is 3. The van der Waals surface area contributed by atoms with Gasteiger partial charge in [0.25, 0.3) is 5.91 Å². The lowest BCUT2D eigenvalue weighted by Crippen LogP contribution is -2.43.